The fourth-order valence-corrected chi connectivity index (χ4v) is 2.36. The van der Waals surface area contributed by atoms with E-state index in [1.807, 2.05) is 6.92 Å². The summed E-state index contributed by atoms with van der Waals surface area (Å²) < 4.78 is 0. The summed E-state index contributed by atoms with van der Waals surface area (Å²) in [6.07, 6.45) is 1.64. The first-order chi connectivity index (χ1) is 8.79. The summed E-state index contributed by atoms with van der Waals surface area (Å²) in [7, 11) is 0. The molecule has 19 heavy (non-hydrogen) atoms. The number of hydrogen-bond donors (Lipinski definition) is 2. The van der Waals surface area contributed by atoms with Crippen molar-refractivity contribution in [2.75, 3.05) is 11.9 Å². The number of carbonyl (C=O) groups excluding carboxylic acids is 3. The van der Waals surface area contributed by atoms with Gasteiger partial charge in [0, 0.05) is 11.1 Å². The molecular weight excluding hydrogens is 268 g/mol. The minimum absolute atomic E-state index is 0.313. The van der Waals surface area contributed by atoms with Crippen LogP contribution in [-0.4, -0.2) is 39.8 Å². The fourth-order valence-electron chi connectivity index (χ4n) is 1.68. The average Bonchev–Trinajstić information content (AvgIpc) is 2.76. The molecule has 1 aliphatic rings. The van der Waals surface area contributed by atoms with E-state index in [0.29, 0.717) is 5.13 Å². The van der Waals surface area contributed by atoms with Crippen LogP contribution in [0.4, 0.5) is 9.93 Å². The zero-order valence-corrected chi connectivity index (χ0v) is 11.6. The summed E-state index contributed by atoms with van der Waals surface area (Å²) >= 11 is 1.33. The van der Waals surface area contributed by atoms with Crippen LogP contribution in [0.2, 0.25) is 0 Å². The predicted octanol–water partition coefficient (Wildman–Crippen LogP) is 0.720. The quantitative estimate of drug-likeness (QED) is 0.799. The second-order valence-electron chi connectivity index (χ2n) is 4.77. The monoisotopic (exact) mass is 282 g/mol. The van der Waals surface area contributed by atoms with E-state index in [2.05, 4.69) is 15.6 Å². The summed E-state index contributed by atoms with van der Waals surface area (Å²) in [6.45, 7) is 4.74. The number of thiazole rings is 1. The third-order valence-corrected chi connectivity index (χ3v) is 3.44. The van der Waals surface area contributed by atoms with Crippen LogP contribution in [0.25, 0.3) is 0 Å². The van der Waals surface area contributed by atoms with Crippen LogP contribution < -0.4 is 10.6 Å². The maximum atomic E-state index is 11.9. The van der Waals surface area contributed by atoms with Gasteiger partial charge in [0.05, 0.1) is 0 Å². The molecule has 1 fully saturated rings. The second kappa shape index (κ2) is 4.61. The molecule has 2 heterocycles. The minimum Gasteiger partial charge on any atom is -0.324 e. The van der Waals surface area contributed by atoms with Gasteiger partial charge < -0.3 is 10.6 Å². The second-order valence-corrected chi connectivity index (χ2v) is 6.01. The maximum absolute atomic E-state index is 11.9. The summed E-state index contributed by atoms with van der Waals surface area (Å²) in [5, 5.41) is 5.52. The number of carbonyl (C=O) groups is 3. The molecule has 0 radical (unpaired) electrons. The molecule has 0 aliphatic carbocycles. The SMILES string of the molecule is Cc1cnc(NC(=O)CN2C(=O)NC(C)(C)C2=O)s1. The maximum Gasteiger partial charge on any atom is 0.325 e. The van der Waals surface area contributed by atoms with Crippen molar-refractivity contribution in [3.63, 3.8) is 0 Å². The van der Waals surface area contributed by atoms with Crippen molar-refractivity contribution in [1.82, 2.24) is 15.2 Å². The molecule has 2 N–H and O–H groups in total. The third kappa shape index (κ3) is 2.73. The summed E-state index contributed by atoms with van der Waals surface area (Å²) in [5.41, 5.74) is -0.963. The Labute approximate surface area is 114 Å². The number of aryl methyl sites for hydroxylation is 1. The standard InChI is InChI=1S/C11H14N4O3S/c1-6-4-12-9(19-6)13-7(16)5-15-8(17)11(2,3)14-10(15)18/h4H,5H2,1-3H3,(H,14,18)(H,12,13,16). The van der Waals surface area contributed by atoms with E-state index >= 15 is 0 Å². The zero-order valence-electron chi connectivity index (χ0n) is 10.8. The van der Waals surface area contributed by atoms with Crippen molar-refractivity contribution in [2.24, 2.45) is 0 Å². The molecule has 7 nitrogen and oxygen atoms in total. The van der Waals surface area contributed by atoms with E-state index < -0.39 is 23.4 Å². The average molecular weight is 282 g/mol. The van der Waals surface area contributed by atoms with E-state index in [4.69, 9.17) is 0 Å². The molecule has 1 saturated heterocycles. The van der Waals surface area contributed by atoms with Gasteiger partial charge in [-0.1, -0.05) is 0 Å². The van der Waals surface area contributed by atoms with E-state index in [9.17, 15) is 14.4 Å². The highest BCUT2D eigenvalue weighted by Gasteiger charge is 2.44. The van der Waals surface area contributed by atoms with Gasteiger partial charge in [0.15, 0.2) is 5.13 Å². The van der Waals surface area contributed by atoms with E-state index in [1.54, 1.807) is 20.0 Å². The number of amides is 4. The van der Waals surface area contributed by atoms with Gasteiger partial charge >= 0.3 is 6.03 Å². The normalized spacial score (nSPS) is 17.5. The number of aromatic nitrogens is 1. The predicted molar refractivity (Wildman–Crippen MR) is 69.8 cm³/mol. The Kier molecular flexibility index (Phi) is 3.27. The van der Waals surface area contributed by atoms with Crippen molar-refractivity contribution in [1.29, 1.82) is 0 Å². The number of rotatable bonds is 3. The molecule has 1 aromatic rings. The molecule has 8 heteroatoms. The van der Waals surface area contributed by atoms with Crippen molar-refractivity contribution < 1.29 is 14.4 Å². The Morgan fingerprint density at radius 2 is 2.21 bits per heavy atom. The highest BCUT2D eigenvalue weighted by atomic mass is 32.1. The Morgan fingerprint density at radius 3 is 2.68 bits per heavy atom. The van der Waals surface area contributed by atoms with Crippen LogP contribution in [0.15, 0.2) is 6.20 Å². The van der Waals surface area contributed by atoms with Gasteiger partial charge in [-0.3, -0.25) is 14.5 Å². The first-order valence-electron chi connectivity index (χ1n) is 5.66. The number of urea groups is 1. The lowest BCUT2D eigenvalue weighted by Gasteiger charge is -2.15. The Hall–Kier alpha value is -1.96. The highest BCUT2D eigenvalue weighted by Crippen LogP contribution is 2.18. The fraction of sp³-hybridized carbons (Fsp3) is 0.455. The molecule has 1 aliphatic heterocycles. The molecule has 1 aromatic heterocycles. The summed E-state index contributed by atoms with van der Waals surface area (Å²) in [4.78, 5) is 41.1. The lowest BCUT2D eigenvalue weighted by Crippen LogP contribution is -2.41. The number of nitrogens with zero attached hydrogens (tertiary/aromatic N) is 2. The first-order valence-corrected chi connectivity index (χ1v) is 6.47. The lowest BCUT2D eigenvalue weighted by molar-refractivity contribution is -0.132. The molecule has 4 amide bonds. The number of imide groups is 1. The molecule has 0 bridgehead atoms. The van der Waals surface area contributed by atoms with Crippen molar-refractivity contribution >= 4 is 34.3 Å². The van der Waals surface area contributed by atoms with Gasteiger partial charge in [0.2, 0.25) is 5.91 Å². The van der Waals surface area contributed by atoms with Gasteiger partial charge in [0.1, 0.15) is 12.1 Å². The van der Waals surface area contributed by atoms with Crippen LogP contribution in [0, 0.1) is 6.92 Å². The Bertz CT molecular complexity index is 552. The van der Waals surface area contributed by atoms with Gasteiger partial charge in [-0.05, 0) is 20.8 Å². The van der Waals surface area contributed by atoms with Crippen molar-refractivity contribution in [2.45, 2.75) is 26.3 Å². The Morgan fingerprint density at radius 1 is 1.53 bits per heavy atom. The van der Waals surface area contributed by atoms with Crippen LogP contribution in [0.3, 0.4) is 0 Å². The van der Waals surface area contributed by atoms with E-state index in [-0.39, 0.29) is 6.54 Å². The molecule has 0 saturated carbocycles. The van der Waals surface area contributed by atoms with Gasteiger partial charge in [-0.2, -0.15) is 0 Å². The van der Waals surface area contributed by atoms with Crippen LogP contribution in [0.5, 0.6) is 0 Å². The molecular formula is C11H14N4O3S. The van der Waals surface area contributed by atoms with Crippen molar-refractivity contribution in [3.8, 4) is 0 Å². The number of nitrogens with one attached hydrogen (secondary N) is 2. The van der Waals surface area contributed by atoms with Gasteiger partial charge in [-0.15, -0.1) is 11.3 Å². The largest absolute Gasteiger partial charge is 0.325 e. The molecule has 2 rings (SSSR count). The molecule has 0 aromatic carbocycles. The Balaban J connectivity index is 2.00. The van der Waals surface area contributed by atoms with Gasteiger partial charge in [0.25, 0.3) is 5.91 Å². The number of anilines is 1. The summed E-state index contributed by atoms with van der Waals surface area (Å²) in [5.74, 6) is -0.862. The van der Waals surface area contributed by atoms with Crippen LogP contribution in [0.1, 0.15) is 18.7 Å². The molecule has 102 valence electrons. The van der Waals surface area contributed by atoms with Crippen LogP contribution >= 0.6 is 11.3 Å². The first kappa shape index (κ1) is 13.5. The topological polar surface area (TPSA) is 91.4 Å². The minimum atomic E-state index is -0.963. The third-order valence-electron chi connectivity index (χ3n) is 2.61. The molecule has 0 spiro atoms. The zero-order chi connectivity index (χ0) is 14.2. The molecule has 0 unspecified atom stereocenters. The summed E-state index contributed by atoms with van der Waals surface area (Å²) in [6, 6.07) is -0.555. The van der Waals surface area contributed by atoms with Crippen molar-refractivity contribution in [3.05, 3.63) is 11.1 Å². The van der Waals surface area contributed by atoms with Gasteiger partial charge in [-0.25, -0.2) is 9.78 Å². The smallest absolute Gasteiger partial charge is 0.324 e. The molecule has 0 atom stereocenters. The highest BCUT2D eigenvalue weighted by molar-refractivity contribution is 7.15. The number of hydrogen-bond acceptors (Lipinski definition) is 5. The van der Waals surface area contributed by atoms with E-state index in [0.717, 1.165) is 9.78 Å². The van der Waals surface area contributed by atoms with E-state index in [1.165, 1.54) is 11.3 Å². The van der Waals surface area contributed by atoms with Crippen LogP contribution in [-0.2, 0) is 9.59 Å². The lowest BCUT2D eigenvalue weighted by atomic mass is 10.1.